The molecule has 1 aliphatic carbocycles. The maximum absolute atomic E-state index is 12.3. The van der Waals surface area contributed by atoms with Crippen LogP contribution in [0.5, 0.6) is 0 Å². The number of imidazole rings is 1. The van der Waals surface area contributed by atoms with Crippen LogP contribution in [0.15, 0.2) is 18.3 Å². The minimum absolute atomic E-state index is 0.114. The lowest BCUT2D eigenvalue weighted by molar-refractivity contribution is 0.311. The number of rotatable bonds is 5. The summed E-state index contributed by atoms with van der Waals surface area (Å²) in [6, 6.07) is 5.69. The molecule has 1 unspecified atom stereocenters. The van der Waals surface area contributed by atoms with Crippen molar-refractivity contribution in [3.8, 4) is 6.07 Å². The van der Waals surface area contributed by atoms with Crippen molar-refractivity contribution in [3.05, 3.63) is 40.3 Å². The Morgan fingerprint density at radius 2 is 2.08 bits per heavy atom. The summed E-state index contributed by atoms with van der Waals surface area (Å²) in [5, 5.41) is 20.9. The fourth-order valence-corrected chi connectivity index (χ4v) is 6.76. The highest BCUT2D eigenvalue weighted by Gasteiger charge is 2.41. The molecule has 12 nitrogen and oxygen atoms in total. The first kappa shape index (κ1) is 22.8. The molecule has 0 amide bonds. The number of fused-ring (bicyclic) bond motifs is 2. The number of hydrogen-bond donors (Lipinski definition) is 2. The molecule has 2 saturated heterocycles. The van der Waals surface area contributed by atoms with E-state index in [1.807, 2.05) is 4.90 Å². The van der Waals surface area contributed by atoms with Gasteiger partial charge in [0.1, 0.15) is 0 Å². The fraction of sp³-hybridized carbons (Fsp3) is 0.409. The molecule has 184 valence electrons. The number of piperazine rings is 1. The second kappa shape index (κ2) is 8.48. The summed E-state index contributed by atoms with van der Waals surface area (Å²) in [7, 11) is -3.19. The maximum Gasteiger partial charge on any atom is 0.275 e. The molecule has 36 heavy (non-hydrogen) atoms. The highest BCUT2D eigenvalue weighted by molar-refractivity contribution is 7.89. The minimum atomic E-state index is -3.19. The lowest BCUT2D eigenvalue weighted by Gasteiger charge is -2.38. The molecule has 3 aliphatic rings. The second-order valence-corrected chi connectivity index (χ2v) is 11.5. The van der Waals surface area contributed by atoms with Gasteiger partial charge in [0.25, 0.3) is 17.4 Å². The lowest BCUT2D eigenvalue weighted by atomic mass is 10.1. The summed E-state index contributed by atoms with van der Waals surface area (Å²) >= 11 is 6.83. The van der Waals surface area contributed by atoms with Crippen molar-refractivity contribution in [1.82, 2.24) is 23.9 Å². The molecule has 3 fully saturated rings. The van der Waals surface area contributed by atoms with Crippen LogP contribution < -0.4 is 15.5 Å². The first-order chi connectivity index (χ1) is 17.4. The van der Waals surface area contributed by atoms with E-state index < -0.39 is 10.0 Å². The van der Waals surface area contributed by atoms with E-state index in [0.717, 1.165) is 12.8 Å². The average Bonchev–Trinajstić information content (AvgIpc) is 3.50. The van der Waals surface area contributed by atoms with Gasteiger partial charge in [-0.15, -0.1) is 4.52 Å². The Balaban J connectivity index is 1.35. The van der Waals surface area contributed by atoms with Crippen molar-refractivity contribution in [3.63, 3.8) is 0 Å². The standard InChI is InChI=1S/C22H21ClN10O2S/c1-25-18-11-26-21-20(27-14-2-3-14)29-22(30-33(18)21)28-16-8-13(10-24)9-17(19(16)23)31-5-6-32-15(12-31)4-7-36(32,34)35/h8-9,11,14-15H,2-7,12H2,(H2,27,28,29,30). The summed E-state index contributed by atoms with van der Waals surface area (Å²) in [4.78, 5) is 14.4. The number of nitrogens with one attached hydrogen (secondary N) is 2. The number of nitrogens with zero attached hydrogens (tertiary/aromatic N) is 8. The van der Waals surface area contributed by atoms with Crippen LogP contribution in [-0.2, 0) is 10.0 Å². The van der Waals surface area contributed by atoms with Crippen LogP contribution in [0.3, 0.4) is 0 Å². The fourth-order valence-electron chi connectivity index (χ4n) is 4.69. The molecule has 2 N–H and O–H groups in total. The molecule has 6 rings (SSSR count). The monoisotopic (exact) mass is 524 g/mol. The highest BCUT2D eigenvalue weighted by atomic mass is 35.5. The van der Waals surface area contributed by atoms with Crippen molar-refractivity contribution in [1.29, 1.82) is 5.26 Å². The summed E-state index contributed by atoms with van der Waals surface area (Å²) in [6.07, 6.45) is 4.08. The van der Waals surface area contributed by atoms with Crippen LogP contribution in [0.1, 0.15) is 24.8 Å². The number of hydrogen-bond acceptors (Lipinski definition) is 9. The quantitative estimate of drug-likeness (QED) is 0.483. The number of halogens is 1. The van der Waals surface area contributed by atoms with Gasteiger partial charge in [0.15, 0.2) is 5.82 Å². The molecule has 2 aliphatic heterocycles. The normalized spacial score (nSPS) is 21.1. The van der Waals surface area contributed by atoms with E-state index in [1.54, 1.807) is 16.4 Å². The van der Waals surface area contributed by atoms with Gasteiger partial charge in [-0.25, -0.2) is 13.4 Å². The molecule has 1 atom stereocenters. The van der Waals surface area contributed by atoms with E-state index >= 15 is 0 Å². The average molecular weight is 525 g/mol. The van der Waals surface area contributed by atoms with Gasteiger partial charge < -0.3 is 20.4 Å². The molecule has 0 bridgehead atoms. The Morgan fingerprint density at radius 1 is 1.25 bits per heavy atom. The van der Waals surface area contributed by atoms with Crippen LogP contribution in [0, 0.1) is 17.9 Å². The van der Waals surface area contributed by atoms with Crippen LogP contribution >= 0.6 is 11.6 Å². The van der Waals surface area contributed by atoms with Gasteiger partial charge in [-0.3, -0.25) is 0 Å². The Hall–Kier alpha value is -3.65. The zero-order chi connectivity index (χ0) is 25.0. The molecular formula is C22H21ClN10O2S. The van der Waals surface area contributed by atoms with E-state index in [-0.39, 0.29) is 23.6 Å². The number of benzene rings is 1. The van der Waals surface area contributed by atoms with Crippen molar-refractivity contribution < 1.29 is 8.42 Å². The molecular weight excluding hydrogens is 504 g/mol. The molecule has 3 aromatic rings. The van der Waals surface area contributed by atoms with Crippen molar-refractivity contribution >= 4 is 56.2 Å². The van der Waals surface area contributed by atoms with E-state index in [9.17, 15) is 13.7 Å². The number of anilines is 4. The van der Waals surface area contributed by atoms with Crippen LogP contribution in [0.25, 0.3) is 10.5 Å². The highest BCUT2D eigenvalue weighted by Crippen LogP contribution is 2.38. The number of aromatic nitrogens is 4. The zero-order valence-electron chi connectivity index (χ0n) is 19.0. The summed E-state index contributed by atoms with van der Waals surface area (Å²) in [5.74, 6) is 1.11. The Bertz CT molecular complexity index is 1570. The van der Waals surface area contributed by atoms with Crippen LogP contribution in [0.4, 0.5) is 29.0 Å². The van der Waals surface area contributed by atoms with Crippen LogP contribution in [-0.4, -0.2) is 69.8 Å². The smallest absolute Gasteiger partial charge is 0.275 e. The molecule has 1 aromatic carbocycles. The predicted octanol–water partition coefficient (Wildman–Crippen LogP) is 2.74. The molecule has 2 aromatic heterocycles. The third kappa shape index (κ3) is 3.95. The lowest BCUT2D eigenvalue weighted by Crippen LogP contribution is -2.51. The van der Waals surface area contributed by atoms with Gasteiger partial charge in [-0.2, -0.15) is 14.6 Å². The minimum Gasteiger partial charge on any atom is -0.367 e. The Labute approximate surface area is 212 Å². The summed E-state index contributed by atoms with van der Waals surface area (Å²) < 4.78 is 27.5. The van der Waals surface area contributed by atoms with Gasteiger partial charge in [0, 0.05) is 31.7 Å². The Morgan fingerprint density at radius 3 is 2.83 bits per heavy atom. The third-order valence-corrected chi connectivity index (χ3v) is 8.99. The van der Waals surface area contributed by atoms with Crippen molar-refractivity contribution in [2.75, 3.05) is 40.9 Å². The second-order valence-electron chi connectivity index (χ2n) is 9.08. The van der Waals surface area contributed by atoms with Crippen molar-refractivity contribution in [2.45, 2.75) is 31.3 Å². The van der Waals surface area contributed by atoms with Gasteiger partial charge >= 0.3 is 0 Å². The number of nitriles is 1. The third-order valence-electron chi connectivity index (χ3n) is 6.64. The molecule has 4 heterocycles. The first-order valence-corrected chi connectivity index (χ1v) is 13.5. The van der Waals surface area contributed by atoms with Gasteiger partial charge in [0.2, 0.25) is 10.0 Å². The van der Waals surface area contributed by atoms with Crippen molar-refractivity contribution in [2.24, 2.45) is 0 Å². The summed E-state index contributed by atoms with van der Waals surface area (Å²) in [6.45, 7) is 8.75. The first-order valence-electron chi connectivity index (χ1n) is 11.5. The Kier molecular flexibility index (Phi) is 5.37. The molecule has 14 heteroatoms. The van der Waals surface area contributed by atoms with Gasteiger partial charge in [-0.05, 0) is 31.4 Å². The summed E-state index contributed by atoms with van der Waals surface area (Å²) in [5.41, 5.74) is 1.93. The van der Waals surface area contributed by atoms with E-state index in [1.165, 1.54) is 10.7 Å². The maximum atomic E-state index is 12.3. The molecule has 0 spiro atoms. The van der Waals surface area contributed by atoms with Gasteiger partial charge in [-0.1, -0.05) is 23.3 Å². The topological polar surface area (TPSA) is 136 Å². The predicted molar refractivity (Wildman–Crippen MR) is 134 cm³/mol. The van der Waals surface area contributed by atoms with Gasteiger partial charge in [0.05, 0.1) is 40.0 Å². The molecule has 1 saturated carbocycles. The van der Waals surface area contributed by atoms with Crippen LogP contribution in [0.2, 0.25) is 5.02 Å². The molecule has 0 radical (unpaired) electrons. The van der Waals surface area contributed by atoms with E-state index in [4.69, 9.17) is 18.2 Å². The van der Waals surface area contributed by atoms with E-state index in [0.29, 0.717) is 65.5 Å². The van der Waals surface area contributed by atoms with E-state index in [2.05, 4.69) is 36.6 Å². The number of sulfonamides is 1. The largest absolute Gasteiger partial charge is 0.367 e. The zero-order valence-corrected chi connectivity index (χ0v) is 20.6. The SMILES string of the molecule is [C-]#[N+]c1cnc2c(NC3CC3)nc(Nc3cc(C#N)cc(N4CCN5C(CCS5(=O)=O)C4)c3Cl)nn12.